The molecule has 1 amide bonds. The lowest BCUT2D eigenvalue weighted by Crippen LogP contribution is -2.39. The van der Waals surface area contributed by atoms with Crippen LogP contribution >= 0.6 is 11.3 Å². The number of hydrogen-bond acceptors (Lipinski definition) is 8. The maximum Gasteiger partial charge on any atom is 0.229 e. The predicted molar refractivity (Wildman–Crippen MR) is 130 cm³/mol. The van der Waals surface area contributed by atoms with Gasteiger partial charge in [0.15, 0.2) is 11.0 Å². The van der Waals surface area contributed by atoms with Crippen LogP contribution in [0.5, 0.6) is 0 Å². The molecule has 2 N–H and O–H groups in total. The monoisotopic (exact) mass is 482 g/mol. The van der Waals surface area contributed by atoms with Crippen molar-refractivity contribution in [2.24, 2.45) is 5.92 Å². The first-order valence-electron chi connectivity index (χ1n) is 12.0. The van der Waals surface area contributed by atoms with Gasteiger partial charge in [0.1, 0.15) is 6.61 Å². The van der Waals surface area contributed by atoms with Gasteiger partial charge in [-0.15, -0.1) is 0 Å². The van der Waals surface area contributed by atoms with Gasteiger partial charge in [-0.05, 0) is 56.2 Å². The minimum absolute atomic E-state index is 0.000930. The molecule has 0 spiro atoms. The van der Waals surface area contributed by atoms with Gasteiger partial charge in [-0.1, -0.05) is 24.3 Å². The molecule has 0 aliphatic heterocycles. The second-order valence-corrected chi connectivity index (χ2v) is 10.1. The molecule has 180 valence electrons. The van der Waals surface area contributed by atoms with Gasteiger partial charge < -0.3 is 19.9 Å². The third kappa shape index (κ3) is 5.27. The van der Waals surface area contributed by atoms with E-state index in [2.05, 4.69) is 27.2 Å². The van der Waals surface area contributed by atoms with Crippen LogP contribution < -0.4 is 5.32 Å². The maximum atomic E-state index is 12.5. The Morgan fingerprint density at radius 2 is 2.00 bits per heavy atom. The molecule has 0 saturated heterocycles. The number of amides is 1. The van der Waals surface area contributed by atoms with Gasteiger partial charge in [0.25, 0.3) is 0 Å². The van der Waals surface area contributed by atoms with E-state index in [9.17, 15) is 9.90 Å². The van der Waals surface area contributed by atoms with Crippen LogP contribution in [0.3, 0.4) is 0 Å². The number of nitrogens with zero attached hydrogens (tertiary/aromatic N) is 3. The molecule has 9 heteroatoms. The van der Waals surface area contributed by atoms with E-state index >= 15 is 0 Å². The highest BCUT2D eigenvalue weighted by Gasteiger charge is 2.35. The van der Waals surface area contributed by atoms with Crippen molar-refractivity contribution in [3.05, 3.63) is 36.4 Å². The van der Waals surface area contributed by atoms with Crippen LogP contribution in [0.25, 0.3) is 21.3 Å². The number of thiazole rings is 1. The first kappa shape index (κ1) is 23.3. The lowest BCUT2D eigenvalue weighted by molar-refractivity contribution is -0.128. The molecular weight excluding hydrogens is 452 g/mol. The Labute approximate surface area is 202 Å². The van der Waals surface area contributed by atoms with Crippen molar-refractivity contribution in [1.82, 2.24) is 15.0 Å². The minimum atomic E-state index is -0.384. The lowest BCUT2D eigenvalue weighted by Gasteiger charge is -2.33. The normalized spacial score (nSPS) is 24.3. The molecule has 2 aliphatic carbocycles. The third-order valence-corrected chi connectivity index (χ3v) is 7.46. The topological polar surface area (TPSA) is 106 Å². The molecular formula is C25H30N4O4S. The number of ether oxygens (including phenoxy) is 2. The van der Waals surface area contributed by atoms with Crippen LogP contribution in [0, 0.1) is 5.92 Å². The molecule has 2 atom stereocenters. The van der Waals surface area contributed by atoms with E-state index in [1.54, 1.807) is 12.4 Å². The van der Waals surface area contributed by atoms with Gasteiger partial charge in [0.2, 0.25) is 5.91 Å². The fourth-order valence-electron chi connectivity index (χ4n) is 4.43. The Morgan fingerprint density at radius 3 is 2.74 bits per heavy atom. The first-order chi connectivity index (χ1) is 16.6. The summed E-state index contributed by atoms with van der Waals surface area (Å²) in [5.74, 6) is 0.623. The van der Waals surface area contributed by atoms with Crippen molar-refractivity contribution < 1.29 is 19.4 Å². The summed E-state index contributed by atoms with van der Waals surface area (Å²) in [4.78, 5) is 25.9. The summed E-state index contributed by atoms with van der Waals surface area (Å²) >= 11 is 1.47. The highest BCUT2D eigenvalue weighted by Crippen LogP contribution is 2.34. The summed E-state index contributed by atoms with van der Waals surface area (Å²) in [6.07, 6.45) is 8.51. The molecule has 2 aliphatic rings. The number of benzene rings is 1. The highest BCUT2D eigenvalue weighted by molar-refractivity contribution is 7.22. The van der Waals surface area contributed by atoms with Crippen molar-refractivity contribution in [3.63, 3.8) is 0 Å². The first-order valence-corrected chi connectivity index (χ1v) is 12.8. The fraction of sp³-hybridized carbons (Fsp3) is 0.520. The van der Waals surface area contributed by atoms with Gasteiger partial charge in [0, 0.05) is 30.5 Å². The Hall–Kier alpha value is -2.46. The molecule has 0 bridgehead atoms. The molecule has 0 unspecified atom stereocenters. The van der Waals surface area contributed by atoms with Gasteiger partial charge >= 0.3 is 0 Å². The standard InChI is InChI=1S/C25H30N4O4S/c1-2-8-32-18-9-16(10-18)24(31)29-25-28-19-7-6-15(11-22(19)34-25)17-12-26-23(27-13-17)14-33-21-5-3-4-20(21)30/h6-7,11-13,16,18,20-21,30H,2-5,8-10,14H2,1H3,(H,28,29,31)/t16?,18?,20-,21-/m0/s1. The van der Waals surface area contributed by atoms with Gasteiger partial charge in [-0.25, -0.2) is 15.0 Å². The quantitative estimate of drug-likeness (QED) is 0.468. The van der Waals surface area contributed by atoms with Crippen LogP contribution in [-0.4, -0.2) is 50.9 Å². The fourth-order valence-corrected chi connectivity index (χ4v) is 5.33. The van der Waals surface area contributed by atoms with Crippen LogP contribution in [-0.2, 0) is 20.9 Å². The smallest absolute Gasteiger partial charge is 0.229 e. The molecule has 3 aromatic rings. The van der Waals surface area contributed by atoms with E-state index in [1.807, 2.05) is 18.2 Å². The summed E-state index contributed by atoms with van der Waals surface area (Å²) in [6.45, 7) is 3.14. The molecule has 1 aromatic carbocycles. The summed E-state index contributed by atoms with van der Waals surface area (Å²) in [7, 11) is 0. The van der Waals surface area contributed by atoms with Gasteiger partial charge in [-0.3, -0.25) is 4.79 Å². The summed E-state index contributed by atoms with van der Waals surface area (Å²) < 4.78 is 12.5. The average Bonchev–Trinajstić information content (AvgIpc) is 3.41. The summed E-state index contributed by atoms with van der Waals surface area (Å²) in [5.41, 5.74) is 2.74. The van der Waals surface area contributed by atoms with Crippen LogP contribution in [0.4, 0.5) is 5.13 Å². The van der Waals surface area contributed by atoms with E-state index < -0.39 is 0 Å². The van der Waals surface area contributed by atoms with E-state index in [4.69, 9.17) is 9.47 Å². The van der Waals surface area contributed by atoms with Crippen molar-refractivity contribution in [2.75, 3.05) is 11.9 Å². The van der Waals surface area contributed by atoms with Gasteiger partial charge in [0.05, 0.1) is 28.5 Å². The highest BCUT2D eigenvalue weighted by atomic mass is 32.1. The molecule has 2 aromatic heterocycles. The molecule has 5 rings (SSSR count). The summed E-state index contributed by atoms with van der Waals surface area (Å²) in [6, 6.07) is 5.98. The molecule has 34 heavy (non-hydrogen) atoms. The Bertz CT molecular complexity index is 1130. The van der Waals surface area contributed by atoms with E-state index in [0.717, 1.165) is 66.5 Å². The SMILES string of the molecule is CCCOC1CC(C(=O)Nc2nc3ccc(-c4cnc(CO[C@H]5CCC[C@@H]5O)nc4)cc3s2)C1. The molecule has 8 nitrogen and oxygen atoms in total. The maximum absolute atomic E-state index is 12.5. The second-order valence-electron chi connectivity index (χ2n) is 9.09. The molecule has 0 radical (unpaired) electrons. The number of nitrogens with one attached hydrogen (secondary N) is 1. The number of anilines is 1. The zero-order valence-electron chi connectivity index (χ0n) is 19.3. The minimum Gasteiger partial charge on any atom is -0.390 e. The number of rotatable bonds is 9. The van der Waals surface area contributed by atoms with Crippen LogP contribution in [0.2, 0.25) is 0 Å². The lowest BCUT2D eigenvalue weighted by atomic mass is 9.81. The largest absolute Gasteiger partial charge is 0.390 e. The van der Waals surface area contributed by atoms with Crippen molar-refractivity contribution in [2.45, 2.75) is 70.4 Å². The molecule has 2 heterocycles. The van der Waals surface area contributed by atoms with E-state index in [1.165, 1.54) is 11.3 Å². The number of carbonyl (C=O) groups excluding carboxylic acids is 1. The predicted octanol–water partition coefficient (Wildman–Crippen LogP) is 4.33. The number of carbonyl (C=O) groups is 1. The van der Waals surface area contributed by atoms with Crippen molar-refractivity contribution in [3.8, 4) is 11.1 Å². The second kappa shape index (κ2) is 10.4. The van der Waals surface area contributed by atoms with Gasteiger partial charge in [-0.2, -0.15) is 0 Å². The number of aliphatic hydroxyl groups excluding tert-OH is 1. The summed E-state index contributed by atoms with van der Waals surface area (Å²) in [5, 5.41) is 13.5. The Balaban J connectivity index is 1.18. The molecule has 2 fully saturated rings. The third-order valence-electron chi connectivity index (χ3n) is 6.52. The molecule has 2 saturated carbocycles. The zero-order chi connectivity index (χ0) is 23.5. The van der Waals surface area contributed by atoms with E-state index in [-0.39, 0.29) is 30.1 Å². The number of aliphatic hydroxyl groups is 1. The van der Waals surface area contributed by atoms with Crippen LogP contribution in [0.15, 0.2) is 30.6 Å². The number of aromatic nitrogens is 3. The Morgan fingerprint density at radius 1 is 1.18 bits per heavy atom. The van der Waals surface area contributed by atoms with Crippen LogP contribution in [0.1, 0.15) is 51.3 Å². The van der Waals surface area contributed by atoms with Crippen molar-refractivity contribution in [1.29, 1.82) is 0 Å². The Kier molecular flexibility index (Phi) is 7.15. The number of fused-ring (bicyclic) bond motifs is 1. The number of hydrogen-bond donors (Lipinski definition) is 2. The van der Waals surface area contributed by atoms with Crippen molar-refractivity contribution >= 4 is 32.6 Å². The zero-order valence-corrected chi connectivity index (χ0v) is 20.1. The van der Waals surface area contributed by atoms with E-state index in [0.29, 0.717) is 17.6 Å². The average molecular weight is 483 g/mol.